The molecule has 0 spiro atoms. The van der Waals surface area contributed by atoms with Gasteiger partial charge in [0.15, 0.2) is 6.61 Å². The third kappa shape index (κ3) is 7.89. The summed E-state index contributed by atoms with van der Waals surface area (Å²) in [5.41, 5.74) is 0.781. The summed E-state index contributed by atoms with van der Waals surface area (Å²) >= 11 is 0. The summed E-state index contributed by atoms with van der Waals surface area (Å²) in [4.78, 5) is 11.9. The molecule has 0 aliphatic heterocycles. The van der Waals surface area contributed by atoms with Crippen molar-refractivity contribution in [3.63, 3.8) is 0 Å². The molecule has 2 aromatic carbocycles. The number of benzene rings is 2. The van der Waals surface area contributed by atoms with Gasteiger partial charge in [-0.15, -0.1) is 13.2 Å². The number of hydrogen-bond donors (Lipinski definition) is 1. The Morgan fingerprint density at radius 2 is 1.41 bits per heavy atom. The van der Waals surface area contributed by atoms with Gasteiger partial charge in [-0.25, -0.2) is 0 Å². The van der Waals surface area contributed by atoms with E-state index < -0.39 is 30.8 Å². The van der Waals surface area contributed by atoms with E-state index in [4.69, 9.17) is 0 Å². The van der Waals surface area contributed by atoms with Crippen molar-refractivity contribution in [1.82, 2.24) is 0 Å². The molecule has 0 saturated heterocycles. The number of ether oxygens (including phenoxy) is 2. The SMILES string of the molecule is O=C(Cc1ccc(OC(F)(F)F)cc1)Nc1ccc(OCC(F)(F)F)cc1. The highest BCUT2D eigenvalue weighted by atomic mass is 19.4. The average molecular weight is 393 g/mol. The maximum atomic E-state index is 12.1. The minimum Gasteiger partial charge on any atom is -0.484 e. The molecule has 2 rings (SSSR count). The van der Waals surface area contributed by atoms with E-state index in [1.807, 2.05) is 0 Å². The predicted molar refractivity (Wildman–Crippen MR) is 83.5 cm³/mol. The lowest BCUT2D eigenvalue weighted by atomic mass is 10.1. The second-order valence-electron chi connectivity index (χ2n) is 5.34. The molecule has 0 atom stereocenters. The van der Waals surface area contributed by atoms with E-state index in [1.165, 1.54) is 36.4 Å². The Balaban J connectivity index is 1.86. The Morgan fingerprint density at radius 1 is 0.852 bits per heavy atom. The Morgan fingerprint density at radius 3 is 1.93 bits per heavy atom. The molecular formula is C17H13F6NO3. The largest absolute Gasteiger partial charge is 0.573 e. The maximum absolute atomic E-state index is 12.1. The summed E-state index contributed by atoms with van der Waals surface area (Å²) in [5.74, 6) is -0.866. The Labute approximate surface area is 149 Å². The van der Waals surface area contributed by atoms with Crippen molar-refractivity contribution >= 4 is 11.6 Å². The third-order valence-electron chi connectivity index (χ3n) is 3.06. The Hall–Kier alpha value is -2.91. The van der Waals surface area contributed by atoms with Crippen LogP contribution in [-0.4, -0.2) is 25.1 Å². The molecule has 4 nitrogen and oxygen atoms in total. The molecule has 27 heavy (non-hydrogen) atoms. The van der Waals surface area contributed by atoms with Crippen molar-refractivity contribution in [2.24, 2.45) is 0 Å². The molecule has 2 aromatic rings. The third-order valence-corrected chi connectivity index (χ3v) is 3.06. The number of nitrogens with one attached hydrogen (secondary N) is 1. The maximum Gasteiger partial charge on any atom is 0.573 e. The second kappa shape index (κ2) is 8.19. The van der Waals surface area contributed by atoms with Gasteiger partial charge in [-0.3, -0.25) is 4.79 Å². The lowest BCUT2D eigenvalue weighted by Crippen LogP contribution is -2.19. The zero-order valence-corrected chi connectivity index (χ0v) is 13.5. The highest BCUT2D eigenvalue weighted by Gasteiger charge is 2.31. The van der Waals surface area contributed by atoms with Crippen LogP contribution in [0.4, 0.5) is 32.0 Å². The van der Waals surface area contributed by atoms with Gasteiger partial charge in [-0.1, -0.05) is 12.1 Å². The first-order valence-corrected chi connectivity index (χ1v) is 7.44. The first-order valence-electron chi connectivity index (χ1n) is 7.44. The summed E-state index contributed by atoms with van der Waals surface area (Å²) in [7, 11) is 0. The van der Waals surface area contributed by atoms with Gasteiger partial charge < -0.3 is 14.8 Å². The number of carbonyl (C=O) groups is 1. The molecule has 0 fully saturated rings. The van der Waals surface area contributed by atoms with Crippen molar-refractivity contribution in [2.45, 2.75) is 19.0 Å². The van der Waals surface area contributed by atoms with Crippen molar-refractivity contribution in [2.75, 3.05) is 11.9 Å². The van der Waals surface area contributed by atoms with Gasteiger partial charge in [0.25, 0.3) is 0 Å². The molecule has 0 unspecified atom stereocenters. The summed E-state index contributed by atoms with van der Waals surface area (Å²) in [6, 6.07) is 10.1. The minimum atomic E-state index is -4.80. The zero-order chi connectivity index (χ0) is 20.1. The molecule has 1 N–H and O–H groups in total. The minimum absolute atomic E-state index is 0.00872. The van der Waals surface area contributed by atoms with E-state index in [1.54, 1.807) is 0 Å². The zero-order valence-electron chi connectivity index (χ0n) is 13.5. The van der Waals surface area contributed by atoms with Crippen LogP contribution < -0.4 is 14.8 Å². The van der Waals surface area contributed by atoms with E-state index >= 15 is 0 Å². The van der Waals surface area contributed by atoms with Crippen molar-refractivity contribution < 1.29 is 40.6 Å². The number of anilines is 1. The van der Waals surface area contributed by atoms with Gasteiger partial charge in [0.05, 0.1) is 6.42 Å². The number of hydrogen-bond acceptors (Lipinski definition) is 3. The molecule has 0 radical (unpaired) electrons. The fourth-order valence-corrected chi connectivity index (χ4v) is 2.00. The van der Waals surface area contributed by atoms with E-state index in [2.05, 4.69) is 14.8 Å². The molecule has 10 heteroatoms. The fraction of sp³-hybridized carbons (Fsp3) is 0.235. The Bertz CT molecular complexity index is 754. The van der Waals surface area contributed by atoms with Gasteiger partial charge in [-0.05, 0) is 42.0 Å². The number of rotatable bonds is 6. The normalized spacial score (nSPS) is 11.8. The first-order chi connectivity index (χ1) is 12.5. The van der Waals surface area contributed by atoms with Crippen LogP contribution in [0.2, 0.25) is 0 Å². The fourth-order valence-electron chi connectivity index (χ4n) is 2.00. The van der Waals surface area contributed by atoms with Crippen molar-refractivity contribution in [3.05, 3.63) is 54.1 Å². The molecule has 1 amide bonds. The smallest absolute Gasteiger partial charge is 0.484 e. The predicted octanol–water partition coefficient (Wildman–Crippen LogP) is 4.71. The second-order valence-corrected chi connectivity index (χ2v) is 5.34. The van der Waals surface area contributed by atoms with Crippen LogP contribution in [0.15, 0.2) is 48.5 Å². The first kappa shape index (κ1) is 20.4. The van der Waals surface area contributed by atoms with Gasteiger partial charge in [0.1, 0.15) is 11.5 Å². The number of halogens is 6. The van der Waals surface area contributed by atoms with Crippen LogP contribution in [0.1, 0.15) is 5.56 Å². The topological polar surface area (TPSA) is 47.6 Å². The van der Waals surface area contributed by atoms with Crippen LogP contribution in [0.3, 0.4) is 0 Å². The van der Waals surface area contributed by atoms with Gasteiger partial charge >= 0.3 is 12.5 Å². The molecule has 0 aliphatic carbocycles. The molecule has 0 aromatic heterocycles. The average Bonchev–Trinajstić information content (AvgIpc) is 2.54. The molecular weight excluding hydrogens is 380 g/mol. The van der Waals surface area contributed by atoms with Gasteiger partial charge in [0.2, 0.25) is 5.91 Å². The van der Waals surface area contributed by atoms with Gasteiger partial charge in [0, 0.05) is 5.69 Å². The van der Waals surface area contributed by atoms with Crippen LogP contribution in [-0.2, 0) is 11.2 Å². The lowest BCUT2D eigenvalue weighted by molar-refractivity contribution is -0.274. The van der Waals surface area contributed by atoms with E-state index in [0.29, 0.717) is 11.3 Å². The Kier molecular flexibility index (Phi) is 6.19. The highest BCUT2D eigenvalue weighted by Crippen LogP contribution is 2.23. The van der Waals surface area contributed by atoms with Crippen LogP contribution >= 0.6 is 0 Å². The molecule has 146 valence electrons. The molecule has 0 aliphatic rings. The van der Waals surface area contributed by atoms with Crippen LogP contribution in [0, 0.1) is 0 Å². The summed E-state index contributed by atoms with van der Waals surface area (Å²) in [6.07, 6.45) is -9.36. The molecule has 0 heterocycles. The number of amides is 1. The summed E-state index contributed by atoms with van der Waals surface area (Å²) in [6.45, 7) is -1.42. The van der Waals surface area contributed by atoms with Crippen LogP contribution in [0.25, 0.3) is 0 Å². The lowest BCUT2D eigenvalue weighted by Gasteiger charge is -2.11. The monoisotopic (exact) mass is 393 g/mol. The number of carbonyl (C=O) groups excluding carboxylic acids is 1. The van der Waals surface area contributed by atoms with E-state index in [0.717, 1.165) is 12.1 Å². The van der Waals surface area contributed by atoms with Gasteiger partial charge in [-0.2, -0.15) is 13.2 Å². The highest BCUT2D eigenvalue weighted by molar-refractivity contribution is 5.92. The molecule has 0 bridgehead atoms. The number of alkyl halides is 6. The summed E-state index contributed by atoms with van der Waals surface area (Å²) < 4.78 is 80.7. The van der Waals surface area contributed by atoms with Crippen LogP contribution in [0.5, 0.6) is 11.5 Å². The molecule has 0 saturated carbocycles. The van der Waals surface area contributed by atoms with E-state index in [-0.39, 0.29) is 12.2 Å². The quantitative estimate of drug-likeness (QED) is 0.724. The van der Waals surface area contributed by atoms with Crippen molar-refractivity contribution in [3.8, 4) is 11.5 Å². The van der Waals surface area contributed by atoms with E-state index in [9.17, 15) is 31.1 Å². The summed E-state index contributed by atoms with van der Waals surface area (Å²) in [5, 5.41) is 2.51. The van der Waals surface area contributed by atoms with Crippen molar-refractivity contribution in [1.29, 1.82) is 0 Å². The standard InChI is InChI=1S/C17H13F6NO3/c18-16(19,20)10-26-13-7-3-12(4-8-13)24-15(25)9-11-1-5-14(6-2-11)27-17(21,22)23/h1-8H,9-10H2,(H,24,25).